The van der Waals surface area contributed by atoms with Crippen LogP contribution in [0.1, 0.15) is 53.4 Å². The summed E-state index contributed by atoms with van der Waals surface area (Å²) in [5, 5.41) is 2.93. The summed E-state index contributed by atoms with van der Waals surface area (Å²) in [7, 11) is 0. The van der Waals surface area contributed by atoms with Crippen LogP contribution in [0.3, 0.4) is 0 Å². The number of hydrogen-bond acceptors (Lipinski definition) is 3. The second kappa shape index (κ2) is 11.5. The molecule has 0 aromatic heterocycles. The number of nitrogens with one attached hydrogen (secondary N) is 1. The number of amides is 2. The fraction of sp³-hybridized carbons (Fsp3) is 0.824. The van der Waals surface area contributed by atoms with E-state index in [9.17, 15) is 9.59 Å². The predicted molar refractivity (Wildman–Crippen MR) is 87.6 cm³/mol. The van der Waals surface area contributed by atoms with Crippen molar-refractivity contribution in [2.75, 3.05) is 26.3 Å². The van der Waals surface area contributed by atoms with E-state index in [4.69, 9.17) is 4.74 Å². The molecule has 1 aliphatic rings. The number of morpholine rings is 1. The Morgan fingerprint density at radius 3 is 2.43 bits per heavy atom. The molecule has 0 spiro atoms. The normalized spacial score (nSPS) is 16.4. The fourth-order valence-electron chi connectivity index (χ4n) is 2.38. The monoisotopic (exact) mass is 400 g/mol. The van der Waals surface area contributed by atoms with Crippen molar-refractivity contribution in [1.82, 2.24) is 10.2 Å². The van der Waals surface area contributed by atoms with E-state index in [1.807, 2.05) is 13.3 Å². The van der Waals surface area contributed by atoms with E-state index < -0.39 is 6.04 Å². The zero-order chi connectivity index (χ0) is 16.6. The number of urea groups is 1. The van der Waals surface area contributed by atoms with Crippen LogP contribution in [0.25, 0.3) is 0 Å². The first-order valence-electron chi connectivity index (χ1n) is 8.33. The van der Waals surface area contributed by atoms with Gasteiger partial charge < -0.3 is 26.2 Å². The van der Waals surface area contributed by atoms with E-state index >= 15 is 0 Å². The zero-order valence-corrected chi connectivity index (χ0v) is 17.9. The maximum atomic E-state index is 12.3. The molecule has 5 nitrogen and oxygen atoms in total. The van der Waals surface area contributed by atoms with E-state index in [0.29, 0.717) is 39.1 Å². The Morgan fingerprint density at radius 1 is 1.30 bits per heavy atom. The number of ether oxygens (including phenoxy) is 1. The third kappa shape index (κ3) is 8.60. The summed E-state index contributed by atoms with van der Waals surface area (Å²) in [5.74, 6) is 0.0935. The number of ketones is 1. The van der Waals surface area contributed by atoms with Crippen LogP contribution in [-0.2, 0) is 42.2 Å². The number of Topliss-reactive ketones (excluding diaryl/α,β-unsaturated/α-hetero) is 1. The molecule has 23 heavy (non-hydrogen) atoms. The van der Waals surface area contributed by atoms with Crippen molar-refractivity contribution in [3.63, 3.8) is 0 Å². The molecule has 0 saturated carbocycles. The summed E-state index contributed by atoms with van der Waals surface area (Å²) in [6, 6.07) is -0.538. The third-order valence-corrected chi connectivity index (χ3v) is 4.46. The third-order valence-electron chi connectivity index (χ3n) is 4.46. The molecule has 2 amide bonds. The van der Waals surface area contributed by atoms with Gasteiger partial charge in [0.1, 0.15) is 5.78 Å². The minimum atomic E-state index is -0.391. The van der Waals surface area contributed by atoms with Gasteiger partial charge in [0.2, 0.25) is 0 Å². The first-order valence-corrected chi connectivity index (χ1v) is 8.33. The summed E-state index contributed by atoms with van der Waals surface area (Å²) >= 11 is 0. The standard InChI is InChI=1S/C17H31N2O3.Y/c1-5-7-15(20)14(8-9-17(3,4)6-2)18-16(21)19-10-12-22-13-11-19;/h5,14H,6-13H2,1-4H3,(H,18,21);/q-1;/t14-;/m0./s1. The molecule has 1 radical (unpaired) electrons. The fourth-order valence-corrected chi connectivity index (χ4v) is 2.38. The first-order chi connectivity index (χ1) is 10.4. The van der Waals surface area contributed by atoms with Crippen LogP contribution in [0.5, 0.6) is 0 Å². The van der Waals surface area contributed by atoms with E-state index in [-0.39, 0.29) is 49.9 Å². The topological polar surface area (TPSA) is 58.6 Å². The molecule has 1 rings (SSSR count). The van der Waals surface area contributed by atoms with Gasteiger partial charge >= 0.3 is 6.03 Å². The summed E-state index contributed by atoms with van der Waals surface area (Å²) in [4.78, 5) is 26.3. The Hall–Kier alpha value is 0.00390. The van der Waals surface area contributed by atoms with Gasteiger partial charge in [0.25, 0.3) is 0 Å². The summed E-state index contributed by atoms with van der Waals surface area (Å²) < 4.78 is 5.25. The van der Waals surface area contributed by atoms with Gasteiger partial charge in [-0.3, -0.25) is 0 Å². The van der Waals surface area contributed by atoms with E-state index in [1.54, 1.807) is 4.90 Å². The Bertz CT molecular complexity index is 369. The van der Waals surface area contributed by atoms with Crippen LogP contribution in [0.2, 0.25) is 0 Å². The molecule has 1 fully saturated rings. The number of rotatable bonds is 8. The Morgan fingerprint density at radius 2 is 1.91 bits per heavy atom. The molecule has 1 heterocycles. The van der Waals surface area contributed by atoms with Crippen LogP contribution in [-0.4, -0.2) is 49.1 Å². The van der Waals surface area contributed by atoms with Gasteiger partial charge in [-0.15, -0.1) is 6.42 Å². The molecule has 0 bridgehead atoms. The molecule has 131 valence electrons. The number of carbonyl (C=O) groups is 2. The van der Waals surface area contributed by atoms with Gasteiger partial charge in [-0.1, -0.05) is 27.2 Å². The average Bonchev–Trinajstić information content (AvgIpc) is 2.52. The predicted octanol–water partition coefficient (Wildman–Crippen LogP) is 2.79. The van der Waals surface area contributed by atoms with Crippen molar-refractivity contribution in [2.45, 2.75) is 59.4 Å². The van der Waals surface area contributed by atoms with Gasteiger partial charge in [-0.25, -0.2) is 4.79 Å². The number of nitrogens with zero attached hydrogens (tertiary/aromatic N) is 1. The molecule has 0 aliphatic carbocycles. The largest absolute Gasteiger partial charge is 0.378 e. The van der Waals surface area contributed by atoms with Crippen molar-refractivity contribution in [3.8, 4) is 0 Å². The van der Waals surface area contributed by atoms with Gasteiger partial charge in [0.15, 0.2) is 0 Å². The second-order valence-corrected chi connectivity index (χ2v) is 6.74. The van der Waals surface area contributed by atoms with Crippen LogP contribution in [0.15, 0.2) is 0 Å². The van der Waals surface area contributed by atoms with Crippen LogP contribution >= 0.6 is 0 Å². The van der Waals surface area contributed by atoms with Crippen LogP contribution in [0, 0.1) is 11.8 Å². The number of carbonyl (C=O) groups excluding carboxylic acids is 2. The average molecular weight is 400 g/mol. The summed E-state index contributed by atoms with van der Waals surface area (Å²) in [6.45, 7) is 10.7. The quantitative estimate of drug-likeness (QED) is 0.638. The van der Waals surface area contributed by atoms with Crippen molar-refractivity contribution < 1.29 is 47.0 Å². The van der Waals surface area contributed by atoms with Gasteiger partial charge in [-0.05, 0) is 18.3 Å². The molecule has 0 aromatic carbocycles. The SMILES string of the molecule is C[CH-]CC(=O)[C@H](CCC(C)(C)CC)NC(=O)N1CCOCC1.[Y]. The molecular formula is C17H31N2O3Y-. The van der Waals surface area contributed by atoms with E-state index in [2.05, 4.69) is 26.1 Å². The number of hydrogen-bond donors (Lipinski definition) is 1. The minimum Gasteiger partial charge on any atom is -0.378 e. The second-order valence-electron chi connectivity index (χ2n) is 6.74. The van der Waals surface area contributed by atoms with Gasteiger partial charge in [0, 0.05) is 45.8 Å². The van der Waals surface area contributed by atoms with Crippen molar-refractivity contribution in [1.29, 1.82) is 0 Å². The first kappa shape index (κ1) is 23.0. The van der Waals surface area contributed by atoms with Gasteiger partial charge in [-0.2, -0.15) is 6.92 Å². The Kier molecular flexibility index (Phi) is 11.5. The van der Waals surface area contributed by atoms with Crippen molar-refractivity contribution in [3.05, 3.63) is 6.42 Å². The van der Waals surface area contributed by atoms with E-state index in [1.165, 1.54) is 0 Å². The van der Waals surface area contributed by atoms with Crippen molar-refractivity contribution >= 4 is 11.8 Å². The van der Waals surface area contributed by atoms with E-state index in [0.717, 1.165) is 12.8 Å². The maximum absolute atomic E-state index is 12.3. The molecule has 1 atom stereocenters. The van der Waals surface area contributed by atoms with Gasteiger partial charge in [0.05, 0.1) is 19.3 Å². The molecule has 1 aliphatic heterocycles. The molecule has 1 N–H and O–H groups in total. The Labute approximate surface area is 166 Å². The van der Waals surface area contributed by atoms with Crippen LogP contribution in [0.4, 0.5) is 4.79 Å². The molecule has 6 heteroatoms. The summed E-state index contributed by atoms with van der Waals surface area (Å²) in [5.41, 5.74) is 0.193. The molecular weight excluding hydrogens is 369 g/mol. The maximum Gasteiger partial charge on any atom is 0.318 e. The summed E-state index contributed by atoms with van der Waals surface area (Å²) in [6.07, 6.45) is 4.93. The van der Waals surface area contributed by atoms with Crippen molar-refractivity contribution in [2.24, 2.45) is 5.41 Å². The zero-order valence-electron chi connectivity index (χ0n) is 15.1. The van der Waals surface area contributed by atoms with Crippen LogP contribution < -0.4 is 5.32 Å². The Balaban J connectivity index is 0.00000484. The molecule has 1 saturated heterocycles. The minimum absolute atomic E-state index is 0. The molecule has 0 unspecified atom stereocenters. The molecule has 0 aromatic rings. The smallest absolute Gasteiger partial charge is 0.318 e.